The summed E-state index contributed by atoms with van der Waals surface area (Å²) in [5.41, 5.74) is -0.373. The molecule has 4 heteroatoms. The Kier molecular flexibility index (Phi) is 31.7. The fourth-order valence-electron chi connectivity index (χ4n) is 4.90. The van der Waals surface area contributed by atoms with E-state index in [2.05, 4.69) is 62.5 Å². The Labute approximate surface area is 279 Å². The summed E-state index contributed by atoms with van der Waals surface area (Å²) in [5.74, 6) is -0.296. The van der Waals surface area contributed by atoms with Crippen LogP contribution in [0.3, 0.4) is 0 Å². The van der Waals surface area contributed by atoms with Crippen molar-refractivity contribution in [3.63, 3.8) is 0 Å². The van der Waals surface area contributed by atoms with Crippen LogP contribution in [0.15, 0.2) is 48.6 Å². The largest absolute Gasteiger partial charge is 0.465 e. The highest BCUT2D eigenvalue weighted by atomic mass is 16.5. The van der Waals surface area contributed by atoms with Gasteiger partial charge >= 0.3 is 11.9 Å². The summed E-state index contributed by atoms with van der Waals surface area (Å²) in [4.78, 5) is 24.4. The molecule has 0 amide bonds. The number of unbranched alkanes of at least 4 members (excludes halogenated alkanes) is 16. The van der Waals surface area contributed by atoms with Gasteiger partial charge in [0, 0.05) is 18.3 Å². The van der Waals surface area contributed by atoms with Gasteiger partial charge in [-0.15, -0.1) is 0 Å². The van der Waals surface area contributed by atoms with E-state index in [-0.39, 0.29) is 30.6 Å². The Morgan fingerprint density at radius 1 is 0.444 bits per heavy atom. The molecule has 0 bridgehead atoms. The molecular weight excluding hydrogens is 556 g/mol. The predicted molar refractivity (Wildman–Crippen MR) is 194 cm³/mol. The fraction of sp³-hybridized carbons (Fsp3) is 0.756. The summed E-state index contributed by atoms with van der Waals surface area (Å²) in [5, 5.41) is 0. The SMILES string of the molecule is CCCCC/C=C\C/C=C\CCCCCCCC(=O)OCC(C)(C)COC(=O)CCCCCCC/C=C\C/C=C\CCCCC. The molecule has 0 spiro atoms. The molecule has 0 aromatic carbocycles. The van der Waals surface area contributed by atoms with Crippen LogP contribution in [0, 0.1) is 5.41 Å². The molecule has 0 saturated carbocycles. The molecule has 0 rings (SSSR count). The Hall–Kier alpha value is -2.10. The zero-order valence-corrected chi connectivity index (χ0v) is 30.1. The maximum Gasteiger partial charge on any atom is 0.305 e. The van der Waals surface area contributed by atoms with Crippen LogP contribution in [-0.4, -0.2) is 25.2 Å². The van der Waals surface area contributed by atoms with Crippen LogP contribution < -0.4 is 0 Å². The second kappa shape index (κ2) is 33.3. The highest BCUT2D eigenvalue weighted by Crippen LogP contribution is 2.18. The number of rotatable bonds is 32. The van der Waals surface area contributed by atoms with Gasteiger partial charge in [-0.25, -0.2) is 0 Å². The first-order chi connectivity index (χ1) is 21.9. The smallest absolute Gasteiger partial charge is 0.305 e. The van der Waals surface area contributed by atoms with Gasteiger partial charge in [0.05, 0.1) is 13.2 Å². The molecule has 0 N–H and O–H groups in total. The van der Waals surface area contributed by atoms with E-state index in [0.29, 0.717) is 12.8 Å². The lowest BCUT2D eigenvalue weighted by atomic mass is 9.96. The predicted octanol–water partition coefficient (Wildman–Crippen LogP) is 12.7. The van der Waals surface area contributed by atoms with Crippen molar-refractivity contribution in [3.8, 4) is 0 Å². The molecule has 0 aromatic rings. The minimum absolute atomic E-state index is 0.148. The average molecular weight is 629 g/mol. The van der Waals surface area contributed by atoms with Crippen LogP contribution in [0.1, 0.15) is 182 Å². The van der Waals surface area contributed by atoms with Crippen molar-refractivity contribution >= 4 is 11.9 Å². The van der Waals surface area contributed by atoms with Gasteiger partial charge in [0.25, 0.3) is 0 Å². The summed E-state index contributed by atoms with van der Waals surface area (Å²) >= 11 is 0. The van der Waals surface area contributed by atoms with Gasteiger partial charge in [-0.2, -0.15) is 0 Å². The second-order valence-corrected chi connectivity index (χ2v) is 13.4. The standard InChI is InChI=1S/C41H72O4/c1-5-7-9-11-13-15-17-19-21-23-25-27-29-31-33-35-39(42)44-37-41(3,4)38-45-40(43)36-34-32-30-28-26-24-22-20-18-16-14-12-10-8-6-2/h13-16,19-22H,5-12,17-18,23-38H2,1-4H3/b15-13-,16-14-,21-19-,22-20-. The van der Waals surface area contributed by atoms with E-state index in [9.17, 15) is 9.59 Å². The van der Waals surface area contributed by atoms with Gasteiger partial charge in [-0.1, -0.05) is 141 Å². The number of esters is 2. The van der Waals surface area contributed by atoms with Crippen molar-refractivity contribution < 1.29 is 19.1 Å². The number of hydrogen-bond donors (Lipinski definition) is 0. The first kappa shape index (κ1) is 42.9. The molecule has 4 nitrogen and oxygen atoms in total. The van der Waals surface area contributed by atoms with Crippen LogP contribution >= 0.6 is 0 Å². The van der Waals surface area contributed by atoms with Crippen LogP contribution in [-0.2, 0) is 19.1 Å². The number of carbonyl (C=O) groups is 2. The van der Waals surface area contributed by atoms with Crippen LogP contribution in [0.2, 0.25) is 0 Å². The lowest BCUT2D eigenvalue weighted by Crippen LogP contribution is -2.28. The number of carbonyl (C=O) groups excluding carboxylic acids is 2. The van der Waals surface area contributed by atoms with E-state index < -0.39 is 0 Å². The topological polar surface area (TPSA) is 52.6 Å². The Morgan fingerprint density at radius 2 is 0.756 bits per heavy atom. The van der Waals surface area contributed by atoms with Crippen LogP contribution in [0.25, 0.3) is 0 Å². The molecule has 0 saturated heterocycles. The summed E-state index contributed by atoms with van der Waals surface area (Å²) in [6.45, 7) is 9.00. The van der Waals surface area contributed by atoms with Crippen molar-refractivity contribution in [3.05, 3.63) is 48.6 Å². The Morgan fingerprint density at radius 3 is 1.11 bits per heavy atom. The molecule has 0 atom stereocenters. The molecule has 0 unspecified atom stereocenters. The van der Waals surface area contributed by atoms with Gasteiger partial charge in [-0.3, -0.25) is 9.59 Å². The van der Waals surface area contributed by atoms with Crippen LogP contribution in [0.4, 0.5) is 0 Å². The van der Waals surface area contributed by atoms with E-state index in [0.717, 1.165) is 64.2 Å². The molecule has 0 heterocycles. The van der Waals surface area contributed by atoms with E-state index in [4.69, 9.17) is 9.47 Å². The highest BCUT2D eigenvalue weighted by Gasteiger charge is 2.22. The lowest BCUT2D eigenvalue weighted by molar-refractivity contribution is -0.152. The Bertz CT molecular complexity index is 725. The van der Waals surface area contributed by atoms with Gasteiger partial charge in [0.15, 0.2) is 0 Å². The molecule has 45 heavy (non-hydrogen) atoms. The molecule has 0 aliphatic rings. The monoisotopic (exact) mass is 629 g/mol. The van der Waals surface area contributed by atoms with Gasteiger partial charge < -0.3 is 9.47 Å². The molecule has 0 aliphatic carbocycles. The minimum atomic E-state index is -0.373. The molecule has 260 valence electrons. The van der Waals surface area contributed by atoms with Crippen molar-refractivity contribution in [2.24, 2.45) is 5.41 Å². The average Bonchev–Trinajstić information content (AvgIpc) is 3.03. The van der Waals surface area contributed by atoms with Crippen LogP contribution in [0.5, 0.6) is 0 Å². The zero-order valence-electron chi connectivity index (χ0n) is 30.1. The normalized spacial score (nSPS) is 12.4. The van der Waals surface area contributed by atoms with E-state index in [1.807, 2.05) is 13.8 Å². The molecule has 0 fully saturated rings. The number of hydrogen-bond acceptors (Lipinski definition) is 4. The van der Waals surface area contributed by atoms with Crippen molar-refractivity contribution in [2.75, 3.05) is 13.2 Å². The minimum Gasteiger partial charge on any atom is -0.465 e. The maximum absolute atomic E-state index is 12.2. The summed E-state index contributed by atoms with van der Waals surface area (Å²) in [6, 6.07) is 0. The third kappa shape index (κ3) is 34.6. The molecule has 0 radical (unpaired) electrons. The molecule has 0 aromatic heterocycles. The van der Waals surface area contributed by atoms with E-state index in [1.165, 1.54) is 77.0 Å². The number of allylic oxidation sites excluding steroid dienone is 8. The maximum atomic E-state index is 12.2. The van der Waals surface area contributed by atoms with Crippen molar-refractivity contribution in [2.45, 2.75) is 182 Å². The quantitative estimate of drug-likeness (QED) is 0.0422. The summed E-state index contributed by atoms with van der Waals surface area (Å²) in [7, 11) is 0. The highest BCUT2D eigenvalue weighted by molar-refractivity contribution is 5.69. The van der Waals surface area contributed by atoms with Gasteiger partial charge in [-0.05, 0) is 77.0 Å². The van der Waals surface area contributed by atoms with E-state index in [1.54, 1.807) is 0 Å². The van der Waals surface area contributed by atoms with E-state index >= 15 is 0 Å². The van der Waals surface area contributed by atoms with Gasteiger partial charge in [0.1, 0.15) is 0 Å². The first-order valence-corrected chi connectivity index (χ1v) is 18.8. The summed E-state index contributed by atoms with van der Waals surface area (Å²) < 4.78 is 11.0. The fourth-order valence-corrected chi connectivity index (χ4v) is 4.90. The molecular formula is C41H72O4. The first-order valence-electron chi connectivity index (χ1n) is 18.8. The third-order valence-electron chi connectivity index (χ3n) is 7.91. The van der Waals surface area contributed by atoms with Crippen molar-refractivity contribution in [1.29, 1.82) is 0 Å². The Balaban J connectivity index is 3.63. The van der Waals surface area contributed by atoms with Gasteiger partial charge in [0.2, 0.25) is 0 Å². The van der Waals surface area contributed by atoms with Crippen molar-refractivity contribution in [1.82, 2.24) is 0 Å². The second-order valence-electron chi connectivity index (χ2n) is 13.4. The lowest BCUT2D eigenvalue weighted by Gasteiger charge is -2.23. The molecule has 0 aliphatic heterocycles. The number of ether oxygens (including phenoxy) is 2. The zero-order chi connectivity index (χ0) is 33.1. The third-order valence-corrected chi connectivity index (χ3v) is 7.91. The summed E-state index contributed by atoms with van der Waals surface area (Å²) in [6.07, 6.45) is 44.9.